The Kier molecular flexibility index (Phi) is 14.9. The fourth-order valence-electron chi connectivity index (χ4n) is 7.25. The third-order valence-electron chi connectivity index (χ3n) is 10.7. The molecule has 0 saturated heterocycles. The Bertz CT molecular complexity index is 2870. The number of nitrogens with one attached hydrogen (secondary N) is 5. The minimum atomic E-state index is -1.07. The van der Waals surface area contributed by atoms with Crippen LogP contribution in [-0.2, 0) is 13.1 Å². The Labute approximate surface area is 393 Å². The Morgan fingerprint density at radius 2 is 0.986 bits per heavy atom. The van der Waals surface area contributed by atoms with Gasteiger partial charge in [-0.15, -0.1) is 0 Å². The van der Waals surface area contributed by atoms with E-state index < -0.39 is 52.7 Å². The maximum atomic E-state index is 14.7. The lowest BCUT2D eigenvalue weighted by Crippen LogP contribution is -2.43. The van der Waals surface area contributed by atoms with Crippen molar-refractivity contribution in [3.05, 3.63) is 130 Å². The Morgan fingerprint density at radius 1 is 0.609 bits per heavy atom. The van der Waals surface area contributed by atoms with Gasteiger partial charge in [0.05, 0.1) is 30.0 Å². The second-order valence-electron chi connectivity index (χ2n) is 16.0. The van der Waals surface area contributed by atoms with E-state index in [1.54, 1.807) is 43.4 Å². The summed E-state index contributed by atoms with van der Waals surface area (Å²) in [6.07, 6.45) is 0. The third-order valence-corrected chi connectivity index (χ3v) is 10.7. The maximum Gasteiger partial charge on any atom is 0.335 e. The largest absolute Gasteiger partial charge is 0.478 e. The van der Waals surface area contributed by atoms with Gasteiger partial charge in [0, 0.05) is 61.0 Å². The predicted octanol–water partition coefficient (Wildman–Crippen LogP) is 6.57. The molecule has 18 nitrogen and oxygen atoms in total. The van der Waals surface area contributed by atoms with E-state index in [1.165, 1.54) is 24.3 Å². The molecule has 22 heteroatoms. The third kappa shape index (κ3) is 10.8. The van der Waals surface area contributed by atoms with Crippen LogP contribution in [0, 0.1) is 23.3 Å². The lowest BCUT2D eigenvalue weighted by Gasteiger charge is -2.30. The number of hydrogen-bond acceptors (Lipinski definition) is 12. The summed E-state index contributed by atoms with van der Waals surface area (Å²) >= 11 is 0. The molecule has 6 N–H and O–H groups in total. The molecule has 0 aliphatic carbocycles. The van der Waals surface area contributed by atoms with Crippen molar-refractivity contribution in [2.24, 2.45) is 0 Å². The number of likely N-dealkylation sites (N-methyl/N-ethyl adjacent to an activating group) is 2. The summed E-state index contributed by atoms with van der Waals surface area (Å²) in [4.78, 5) is 72.6. The van der Waals surface area contributed by atoms with E-state index in [1.807, 2.05) is 38.0 Å². The second kappa shape index (κ2) is 21.2. The summed E-state index contributed by atoms with van der Waals surface area (Å²) in [5.41, 5.74) is 2.48. The van der Waals surface area contributed by atoms with Crippen LogP contribution in [0.5, 0.6) is 0 Å². The molecule has 358 valence electrons. The number of halogens is 4. The Hall–Kier alpha value is -8.24. The Balaban J connectivity index is 0.000000204. The number of amides is 5. The number of hydrogen-bond donors (Lipinski definition) is 6. The molecule has 5 amide bonds. The number of carbonyl (C=O) groups excluding carboxylic acids is 3. The van der Waals surface area contributed by atoms with Gasteiger partial charge in [0.2, 0.25) is 11.9 Å². The van der Waals surface area contributed by atoms with Gasteiger partial charge in [-0.1, -0.05) is 36.4 Å². The number of aromatic carboxylic acids is 1. The molecule has 69 heavy (non-hydrogen) atoms. The number of fused-ring (bicyclic) bond motifs is 2. The molecule has 0 unspecified atom stereocenters. The standard InChI is InChI=1S/C24H25F2N7O2.C23H22F2N6O3/c1-27-22(34)15-9-7-14(8-10-15)19-16-13-29-24(35)33(20-17(25)5-4-6-18(20)26)21(16)31-23(30-19)28-11-12-32(2)3;1-30(2)11-10-26-22-28-18(13-6-8-14(9-7-13)21(32)33)15-12-27-23(34)31(20(15)29-22)19-16(24)4-3-5-17(19)25/h4-10H,11-13H2,1-3H3,(H,27,34)(H,29,35)(H,28,30,31);3-9H,10-12H2,1-2H3,(H,27,34)(H,32,33)(H,26,28,29). The maximum absolute atomic E-state index is 14.7. The lowest BCUT2D eigenvalue weighted by molar-refractivity contribution is 0.0696. The van der Waals surface area contributed by atoms with Crippen molar-refractivity contribution in [1.29, 1.82) is 0 Å². The number of anilines is 6. The summed E-state index contributed by atoms with van der Waals surface area (Å²) in [7, 11) is 9.18. The van der Waals surface area contributed by atoms with Gasteiger partial charge >= 0.3 is 18.0 Å². The smallest absolute Gasteiger partial charge is 0.335 e. The fourth-order valence-corrected chi connectivity index (χ4v) is 7.25. The summed E-state index contributed by atoms with van der Waals surface area (Å²) in [5, 5.41) is 23.2. The van der Waals surface area contributed by atoms with Gasteiger partial charge in [0.15, 0.2) is 11.6 Å². The summed E-state index contributed by atoms with van der Waals surface area (Å²) in [6, 6.07) is 18.0. The second-order valence-corrected chi connectivity index (χ2v) is 16.0. The van der Waals surface area contributed by atoms with Crippen LogP contribution in [0.3, 0.4) is 0 Å². The van der Waals surface area contributed by atoms with Crippen LogP contribution in [0.15, 0.2) is 84.9 Å². The van der Waals surface area contributed by atoms with E-state index in [4.69, 9.17) is 0 Å². The minimum Gasteiger partial charge on any atom is -0.478 e. The highest BCUT2D eigenvalue weighted by atomic mass is 19.1. The van der Waals surface area contributed by atoms with Crippen LogP contribution in [0.1, 0.15) is 31.8 Å². The first kappa shape index (κ1) is 48.7. The highest BCUT2D eigenvalue weighted by molar-refractivity contribution is 6.03. The molecular weight excluding hydrogens is 903 g/mol. The van der Waals surface area contributed by atoms with Crippen LogP contribution in [0.2, 0.25) is 0 Å². The molecule has 8 rings (SSSR count). The summed E-state index contributed by atoms with van der Waals surface area (Å²) in [5.74, 6) is -4.47. The molecule has 0 spiro atoms. The van der Waals surface area contributed by atoms with Gasteiger partial charge in [-0.05, 0) is 76.7 Å². The fraction of sp³-hybridized carbons (Fsp3) is 0.234. The number of para-hydroxylation sites is 2. The monoisotopic (exact) mass is 949 g/mol. The van der Waals surface area contributed by atoms with Gasteiger partial charge in [-0.3, -0.25) is 4.79 Å². The molecule has 0 bridgehead atoms. The number of nitrogens with zero attached hydrogens (tertiary/aromatic N) is 8. The molecule has 0 atom stereocenters. The van der Waals surface area contributed by atoms with E-state index in [9.17, 15) is 41.8 Å². The first-order chi connectivity index (χ1) is 33.1. The number of urea groups is 2. The van der Waals surface area contributed by atoms with Gasteiger partial charge < -0.3 is 41.5 Å². The lowest BCUT2D eigenvalue weighted by atomic mass is 10.0. The molecule has 4 aromatic carbocycles. The SMILES string of the molecule is CN(C)CCNc1nc(-c2ccc(C(=O)O)cc2)c2c(n1)N(c1c(F)cccc1F)C(=O)NC2.CNC(=O)c1ccc(-c2nc(NCCN(C)C)nc3c2CNC(=O)N3c2c(F)cccc2F)cc1. The first-order valence-electron chi connectivity index (χ1n) is 21.3. The number of carbonyl (C=O) groups is 4. The van der Waals surface area contributed by atoms with Crippen LogP contribution >= 0.6 is 0 Å². The van der Waals surface area contributed by atoms with Crippen LogP contribution < -0.4 is 36.4 Å². The number of aromatic nitrogens is 4. The van der Waals surface area contributed by atoms with Gasteiger partial charge in [0.25, 0.3) is 5.91 Å². The highest BCUT2D eigenvalue weighted by Crippen LogP contribution is 2.40. The zero-order valence-electron chi connectivity index (χ0n) is 38.0. The van der Waals surface area contributed by atoms with Crippen molar-refractivity contribution >= 4 is 58.8 Å². The van der Waals surface area contributed by atoms with Gasteiger partial charge in [0.1, 0.15) is 34.6 Å². The van der Waals surface area contributed by atoms with E-state index in [0.29, 0.717) is 65.4 Å². The van der Waals surface area contributed by atoms with E-state index in [-0.39, 0.29) is 48.1 Å². The molecule has 2 aliphatic heterocycles. The van der Waals surface area contributed by atoms with Gasteiger partial charge in [-0.25, -0.2) is 51.7 Å². The quantitative estimate of drug-likeness (QED) is 0.0639. The normalized spacial score (nSPS) is 12.9. The zero-order chi connectivity index (χ0) is 49.5. The summed E-state index contributed by atoms with van der Waals surface area (Å²) in [6.45, 7) is 2.41. The number of rotatable bonds is 14. The van der Waals surface area contributed by atoms with Crippen molar-refractivity contribution < 1.29 is 41.8 Å². The van der Waals surface area contributed by atoms with E-state index >= 15 is 0 Å². The van der Waals surface area contributed by atoms with Crippen molar-refractivity contribution in [2.45, 2.75) is 13.1 Å². The van der Waals surface area contributed by atoms with E-state index in [0.717, 1.165) is 34.1 Å². The molecule has 0 fully saturated rings. The van der Waals surface area contributed by atoms with Crippen molar-refractivity contribution in [3.63, 3.8) is 0 Å². The average molecular weight is 950 g/mol. The molecule has 0 radical (unpaired) electrons. The van der Waals surface area contributed by atoms with E-state index in [2.05, 4.69) is 46.5 Å². The molecular formula is C47H47F4N13O5. The number of carboxylic acids is 1. The molecule has 0 saturated carbocycles. The van der Waals surface area contributed by atoms with Crippen LogP contribution in [-0.4, -0.2) is 120 Å². The first-order valence-corrected chi connectivity index (χ1v) is 21.3. The molecule has 6 aromatic rings. The highest BCUT2D eigenvalue weighted by Gasteiger charge is 2.36. The average Bonchev–Trinajstić information content (AvgIpc) is 3.32. The Morgan fingerprint density at radius 3 is 1.33 bits per heavy atom. The number of benzene rings is 4. The summed E-state index contributed by atoms with van der Waals surface area (Å²) < 4.78 is 58.7. The number of carboxylic acid groups (broad SMARTS) is 1. The predicted molar refractivity (Wildman–Crippen MR) is 251 cm³/mol. The molecule has 2 aromatic heterocycles. The minimum absolute atomic E-state index is 0.0226. The van der Waals surface area contributed by atoms with Crippen LogP contribution in [0.25, 0.3) is 22.5 Å². The van der Waals surface area contributed by atoms with Crippen molar-refractivity contribution in [1.82, 2.24) is 45.7 Å². The van der Waals surface area contributed by atoms with Crippen molar-refractivity contribution in [2.75, 3.05) is 81.9 Å². The van der Waals surface area contributed by atoms with Crippen LogP contribution in [0.4, 0.5) is 62.1 Å². The topological polar surface area (TPSA) is 213 Å². The molecule has 4 heterocycles. The van der Waals surface area contributed by atoms with Crippen molar-refractivity contribution in [3.8, 4) is 22.5 Å². The zero-order valence-corrected chi connectivity index (χ0v) is 38.0. The van der Waals surface area contributed by atoms with Gasteiger partial charge in [-0.2, -0.15) is 9.97 Å². The molecule has 2 aliphatic rings.